The van der Waals surface area contributed by atoms with Gasteiger partial charge in [-0.1, -0.05) is 30.2 Å². The Bertz CT molecular complexity index is 1170. The maximum absolute atomic E-state index is 12.3. The Morgan fingerprint density at radius 1 is 1.00 bits per heavy atom. The summed E-state index contributed by atoms with van der Waals surface area (Å²) in [5.41, 5.74) is 9.94. The summed E-state index contributed by atoms with van der Waals surface area (Å²) in [7, 11) is -3.30. The minimum Gasteiger partial charge on any atom is -0.398 e. The topological polar surface area (TPSA) is 85.9 Å². The minimum atomic E-state index is -3.30. The molecule has 142 valence electrons. The second kappa shape index (κ2) is 7.83. The van der Waals surface area contributed by atoms with Gasteiger partial charge in [0.1, 0.15) is 5.69 Å². The number of para-hydroxylation sites is 1. The Kier molecular flexibility index (Phi) is 5.48. The first-order valence-corrected chi connectivity index (χ1v) is 10.4. The number of nitrogen functional groups attached to an aromatic ring is 1. The van der Waals surface area contributed by atoms with Crippen LogP contribution >= 0.6 is 0 Å². The second-order valence-electron chi connectivity index (χ2n) is 6.64. The van der Waals surface area contributed by atoms with Crippen LogP contribution in [0.15, 0.2) is 59.6 Å². The summed E-state index contributed by atoms with van der Waals surface area (Å²) in [5, 5.41) is -0.468. The molecule has 0 amide bonds. The number of hydrogen-bond donors (Lipinski definition) is 1. The Hall–Kier alpha value is -3.17. The molecule has 0 bridgehead atoms. The van der Waals surface area contributed by atoms with Gasteiger partial charge in [0.15, 0.2) is 9.84 Å². The van der Waals surface area contributed by atoms with Gasteiger partial charge in [-0.15, -0.1) is 0 Å². The molecule has 2 N–H and O–H groups in total. The molecule has 1 aromatic heterocycles. The summed E-state index contributed by atoms with van der Waals surface area (Å²) in [5.74, 6) is 6.06. The lowest BCUT2D eigenvalue weighted by molar-refractivity contribution is 0.587. The molecule has 0 saturated carbocycles. The summed E-state index contributed by atoms with van der Waals surface area (Å²) < 4.78 is 24.5. The number of nitrogens with two attached hydrogens (primary N) is 1. The number of sulfone groups is 1. The molecule has 1 heterocycles. The van der Waals surface area contributed by atoms with Gasteiger partial charge in [-0.05, 0) is 51.0 Å². The van der Waals surface area contributed by atoms with Crippen molar-refractivity contribution in [2.45, 2.75) is 30.9 Å². The zero-order valence-electron chi connectivity index (χ0n) is 16.0. The number of hydrogen-bond acceptors (Lipinski definition) is 5. The molecular weight excluding hydrogens is 370 g/mol. The van der Waals surface area contributed by atoms with Gasteiger partial charge in [-0.25, -0.2) is 13.4 Å². The van der Waals surface area contributed by atoms with Crippen molar-refractivity contribution in [1.29, 1.82) is 0 Å². The number of rotatable bonds is 3. The Morgan fingerprint density at radius 3 is 2.32 bits per heavy atom. The molecule has 5 nitrogen and oxygen atoms in total. The van der Waals surface area contributed by atoms with Crippen LogP contribution in [0.2, 0.25) is 0 Å². The van der Waals surface area contributed by atoms with Crippen molar-refractivity contribution in [3.63, 3.8) is 0 Å². The first kappa shape index (κ1) is 19.6. The van der Waals surface area contributed by atoms with Crippen LogP contribution in [0.25, 0.3) is 11.3 Å². The number of anilines is 1. The SMILES string of the molecule is Cc1ncc(-c2ccc(S(=O)(=O)C(C)C)cc2)nc1C#Cc1ccccc1N. The lowest BCUT2D eigenvalue weighted by Crippen LogP contribution is -2.13. The fourth-order valence-electron chi connectivity index (χ4n) is 2.53. The van der Waals surface area contributed by atoms with Crippen LogP contribution in [0.1, 0.15) is 30.8 Å². The smallest absolute Gasteiger partial charge is 0.180 e. The van der Waals surface area contributed by atoms with E-state index in [2.05, 4.69) is 21.8 Å². The molecule has 28 heavy (non-hydrogen) atoms. The van der Waals surface area contributed by atoms with Crippen molar-refractivity contribution >= 4 is 15.5 Å². The van der Waals surface area contributed by atoms with Crippen LogP contribution in [0.4, 0.5) is 5.69 Å². The van der Waals surface area contributed by atoms with E-state index < -0.39 is 15.1 Å². The molecule has 0 aliphatic heterocycles. The third-order valence-electron chi connectivity index (χ3n) is 4.33. The largest absolute Gasteiger partial charge is 0.398 e. The molecule has 0 aliphatic rings. The van der Waals surface area contributed by atoms with Crippen molar-refractivity contribution in [3.05, 3.63) is 71.7 Å². The first-order valence-electron chi connectivity index (χ1n) is 8.83. The summed E-state index contributed by atoms with van der Waals surface area (Å²) in [6, 6.07) is 14.1. The van der Waals surface area contributed by atoms with Crippen molar-refractivity contribution in [3.8, 4) is 23.1 Å². The lowest BCUT2D eigenvalue weighted by atomic mass is 10.1. The van der Waals surface area contributed by atoms with E-state index in [-0.39, 0.29) is 0 Å². The molecule has 0 spiro atoms. The van der Waals surface area contributed by atoms with E-state index >= 15 is 0 Å². The summed E-state index contributed by atoms with van der Waals surface area (Å²) >= 11 is 0. The van der Waals surface area contributed by atoms with E-state index in [1.54, 1.807) is 50.4 Å². The quantitative estimate of drug-likeness (QED) is 0.544. The normalized spacial score (nSPS) is 11.1. The first-order chi connectivity index (χ1) is 13.3. The fraction of sp³-hybridized carbons (Fsp3) is 0.182. The predicted octanol–water partition coefficient (Wildman–Crippen LogP) is 3.62. The van der Waals surface area contributed by atoms with Gasteiger partial charge in [-0.2, -0.15) is 0 Å². The average molecular weight is 391 g/mol. The van der Waals surface area contributed by atoms with Crippen LogP contribution in [0.3, 0.4) is 0 Å². The zero-order valence-corrected chi connectivity index (χ0v) is 16.8. The van der Waals surface area contributed by atoms with Crippen LogP contribution in [-0.2, 0) is 9.84 Å². The monoisotopic (exact) mass is 391 g/mol. The van der Waals surface area contributed by atoms with Crippen molar-refractivity contribution < 1.29 is 8.42 Å². The predicted molar refractivity (Wildman–Crippen MR) is 111 cm³/mol. The summed E-state index contributed by atoms with van der Waals surface area (Å²) in [6.07, 6.45) is 1.66. The Balaban J connectivity index is 1.95. The summed E-state index contributed by atoms with van der Waals surface area (Å²) in [4.78, 5) is 9.26. The van der Waals surface area contributed by atoms with Gasteiger partial charge >= 0.3 is 0 Å². The maximum Gasteiger partial charge on any atom is 0.180 e. The summed E-state index contributed by atoms with van der Waals surface area (Å²) in [6.45, 7) is 5.17. The van der Waals surface area contributed by atoms with Crippen molar-refractivity contribution in [2.24, 2.45) is 0 Å². The van der Waals surface area contributed by atoms with E-state index in [0.29, 0.717) is 27.7 Å². The Labute approximate surface area is 165 Å². The van der Waals surface area contributed by atoms with Gasteiger partial charge in [0.2, 0.25) is 0 Å². The zero-order chi connectivity index (χ0) is 20.3. The third kappa shape index (κ3) is 4.05. The third-order valence-corrected chi connectivity index (χ3v) is 6.50. The number of benzene rings is 2. The molecule has 0 aliphatic carbocycles. The fourth-order valence-corrected chi connectivity index (χ4v) is 3.59. The lowest BCUT2D eigenvalue weighted by Gasteiger charge is -2.09. The van der Waals surface area contributed by atoms with Gasteiger partial charge in [0, 0.05) is 16.8 Å². The standard InChI is InChI=1S/C22H21N3O2S/c1-15(2)28(26,27)19-11-8-18(9-12-19)22-14-24-16(3)21(25-22)13-10-17-6-4-5-7-20(17)23/h4-9,11-12,14-15H,23H2,1-3H3. The second-order valence-corrected chi connectivity index (χ2v) is 9.15. The van der Waals surface area contributed by atoms with Crippen molar-refractivity contribution in [2.75, 3.05) is 5.73 Å². The molecule has 3 rings (SSSR count). The molecule has 0 fully saturated rings. The van der Waals surface area contributed by atoms with Crippen molar-refractivity contribution in [1.82, 2.24) is 9.97 Å². The highest BCUT2D eigenvalue weighted by Gasteiger charge is 2.19. The number of aryl methyl sites for hydroxylation is 1. The van der Waals surface area contributed by atoms with E-state index in [9.17, 15) is 8.42 Å². The van der Waals surface area contributed by atoms with Crippen LogP contribution < -0.4 is 5.73 Å². The molecule has 0 radical (unpaired) electrons. The minimum absolute atomic E-state index is 0.297. The van der Waals surface area contributed by atoms with Crippen LogP contribution in [0.5, 0.6) is 0 Å². The highest BCUT2D eigenvalue weighted by atomic mass is 32.2. The van der Waals surface area contributed by atoms with Gasteiger partial charge in [0.25, 0.3) is 0 Å². The van der Waals surface area contributed by atoms with Gasteiger partial charge < -0.3 is 5.73 Å². The molecule has 0 atom stereocenters. The molecule has 0 saturated heterocycles. The maximum atomic E-state index is 12.3. The van der Waals surface area contributed by atoms with E-state index in [1.807, 2.05) is 25.1 Å². The van der Waals surface area contributed by atoms with E-state index in [0.717, 1.165) is 11.1 Å². The van der Waals surface area contributed by atoms with E-state index in [4.69, 9.17) is 5.73 Å². The Morgan fingerprint density at radius 2 is 1.68 bits per heavy atom. The highest BCUT2D eigenvalue weighted by Crippen LogP contribution is 2.22. The van der Waals surface area contributed by atoms with Crippen LogP contribution in [0, 0.1) is 18.8 Å². The number of nitrogens with zero attached hydrogens (tertiary/aromatic N) is 2. The number of aromatic nitrogens is 2. The molecule has 0 unspecified atom stereocenters. The van der Waals surface area contributed by atoms with E-state index in [1.165, 1.54) is 0 Å². The highest BCUT2D eigenvalue weighted by molar-refractivity contribution is 7.92. The van der Waals surface area contributed by atoms with Gasteiger partial charge in [0.05, 0.1) is 27.7 Å². The molecular formula is C22H21N3O2S. The van der Waals surface area contributed by atoms with Crippen LogP contribution in [-0.4, -0.2) is 23.6 Å². The van der Waals surface area contributed by atoms with Gasteiger partial charge in [-0.3, -0.25) is 4.98 Å². The molecule has 6 heteroatoms. The average Bonchev–Trinajstić information content (AvgIpc) is 2.68. The molecule has 2 aromatic carbocycles. The molecule has 3 aromatic rings.